The number of aliphatic hydroxyl groups excluding tert-OH is 1. The normalized spacial score (nSPS) is 23.5. The number of nitrogens with one attached hydrogen (secondary N) is 2. The number of esters is 1. The van der Waals surface area contributed by atoms with Crippen molar-refractivity contribution in [3.63, 3.8) is 0 Å². The van der Waals surface area contributed by atoms with Gasteiger partial charge in [0.15, 0.2) is 0 Å². The third-order valence-corrected chi connectivity index (χ3v) is 5.64. The number of nitrogens with zero attached hydrogens (tertiary/aromatic N) is 2. The van der Waals surface area contributed by atoms with Crippen molar-refractivity contribution < 1.29 is 29.0 Å². The van der Waals surface area contributed by atoms with Crippen LogP contribution >= 0.6 is 0 Å². The lowest BCUT2D eigenvalue weighted by Crippen LogP contribution is -2.51. The lowest BCUT2D eigenvalue weighted by Gasteiger charge is -2.25. The zero-order valence-corrected chi connectivity index (χ0v) is 17.3. The van der Waals surface area contributed by atoms with Crippen LogP contribution in [0.2, 0.25) is 0 Å². The third-order valence-electron chi connectivity index (χ3n) is 5.64. The van der Waals surface area contributed by atoms with E-state index in [4.69, 9.17) is 0 Å². The maximum absolute atomic E-state index is 13.0. The molecule has 10 heteroatoms. The summed E-state index contributed by atoms with van der Waals surface area (Å²) in [4.78, 5) is 55.2. The van der Waals surface area contributed by atoms with Crippen molar-refractivity contribution in [2.45, 2.75) is 44.1 Å². The van der Waals surface area contributed by atoms with Crippen LogP contribution in [0.4, 0.5) is 0 Å². The minimum atomic E-state index is -1.40. The van der Waals surface area contributed by atoms with E-state index in [1.807, 2.05) is 24.3 Å². The van der Waals surface area contributed by atoms with Crippen LogP contribution in [0.5, 0.6) is 0 Å². The molecule has 3 atom stereocenters. The van der Waals surface area contributed by atoms with Gasteiger partial charge in [-0.05, 0) is 30.7 Å². The van der Waals surface area contributed by atoms with E-state index in [-0.39, 0.29) is 24.6 Å². The van der Waals surface area contributed by atoms with Gasteiger partial charge in [0.1, 0.15) is 17.8 Å². The Bertz CT molecular complexity index is 1050. The van der Waals surface area contributed by atoms with Gasteiger partial charge in [-0.25, -0.2) is 0 Å². The molecule has 0 aliphatic carbocycles. The first-order chi connectivity index (χ1) is 15.4. The molecule has 1 aromatic carbocycles. The summed E-state index contributed by atoms with van der Waals surface area (Å²) in [5.74, 6) is -1.91. The van der Waals surface area contributed by atoms with Crippen LogP contribution in [0, 0.1) is 0 Å². The molecule has 2 aromatic rings. The molecule has 2 fully saturated rings. The lowest BCUT2D eigenvalue weighted by atomic mass is 10.1. The monoisotopic (exact) mass is 440 g/mol. The summed E-state index contributed by atoms with van der Waals surface area (Å²) in [6.07, 6.45) is 1.88. The number of hydrogen-bond acceptors (Lipinski definition) is 7. The van der Waals surface area contributed by atoms with E-state index in [0.717, 1.165) is 5.39 Å². The van der Waals surface area contributed by atoms with Gasteiger partial charge in [-0.15, -0.1) is 0 Å². The molecule has 2 aliphatic heterocycles. The van der Waals surface area contributed by atoms with E-state index >= 15 is 0 Å². The van der Waals surface area contributed by atoms with Crippen LogP contribution in [0.3, 0.4) is 0 Å². The van der Waals surface area contributed by atoms with Gasteiger partial charge in [0.05, 0.1) is 13.0 Å². The number of pyridine rings is 1. The predicted octanol–water partition coefficient (Wildman–Crippen LogP) is 0.0958. The Morgan fingerprint density at radius 3 is 2.75 bits per heavy atom. The topological polar surface area (TPSA) is 138 Å². The molecule has 3 heterocycles. The Hall–Kier alpha value is -3.53. The molecule has 3 N–H and O–H groups in total. The Labute approximate surface area is 183 Å². The van der Waals surface area contributed by atoms with Crippen molar-refractivity contribution in [1.29, 1.82) is 0 Å². The van der Waals surface area contributed by atoms with E-state index in [0.29, 0.717) is 31.2 Å². The molecule has 0 saturated carbocycles. The molecule has 2 saturated heterocycles. The van der Waals surface area contributed by atoms with E-state index < -0.39 is 36.2 Å². The molecule has 168 valence electrons. The Morgan fingerprint density at radius 2 is 1.97 bits per heavy atom. The number of amides is 3. The summed E-state index contributed by atoms with van der Waals surface area (Å²) in [5, 5.41) is 16.5. The molecule has 0 spiro atoms. The third kappa shape index (κ3) is 4.70. The fourth-order valence-corrected chi connectivity index (χ4v) is 4.02. The number of aliphatic hydroxyl groups is 1. The number of benzene rings is 1. The number of cyclic esters (lactones) is 1. The summed E-state index contributed by atoms with van der Waals surface area (Å²) >= 11 is 0. The number of rotatable bonds is 5. The quantitative estimate of drug-likeness (QED) is 0.561. The smallest absolute Gasteiger partial charge is 0.310 e. The highest BCUT2D eigenvalue weighted by Crippen LogP contribution is 2.18. The molecule has 32 heavy (non-hydrogen) atoms. The van der Waals surface area contributed by atoms with E-state index in [2.05, 4.69) is 20.4 Å². The zero-order chi connectivity index (χ0) is 22.7. The van der Waals surface area contributed by atoms with Crippen LogP contribution in [-0.2, 0) is 19.1 Å². The van der Waals surface area contributed by atoms with Gasteiger partial charge in [0.25, 0.3) is 5.91 Å². The molecule has 1 aromatic heterocycles. The SMILES string of the molecule is O=C(CN1CCCC[C@H](NC(=O)c2nccc3ccccc23)C1=O)NC1CC(=O)OC1O. The maximum atomic E-state index is 13.0. The van der Waals surface area contributed by atoms with Crippen LogP contribution in [0.25, 0.3) is 10.8 Å². The van der Waals surface area contributed by atoms with E-state index in [1.54, 1.807) is 12.3 Å². The van der Waals surface area contributed by atoms with Crippen molar-refractivity contribution in [1.82, 2.24) is 20.5 Å². The number of ether oxygens (including phenoxy) is 1. The number of likely N-dealkylation sites (tertiary alicyclic amines) is 1. The number of fused-ring (bicyclic) bond motifs is 1. The molecule has 0 bridgehead atoms. The van der Waals surface area contributed by atoms with Gasteiger partial charge in [0, 0.05) is 18.1 Å². The van der Waals surface area contributed by atoms with Crippen LogP contribution in [-0.4, -0.2) is 70.1 Å². The zero-order valence-electron chi connectivity index (χ0n) is 17.3. The molecule has 4 rings (SSSR count). The number of carbonyl (C=O) groups excluding carboxylic acids is 4. The van der Waals surface area contributed by atoms with Crippen LogP contribution in [0.15, 0.2) is 36.5 Å². The summed E-state index contributed by atoms with van der Waals surface area (Å²) in [7, 11) is 0. The van der Waals surface area contributed by atoms with Gasteiger partial charge in [-0.3, -0.25) is 24.2 Å². The number of aromatic nitrogens is 1. The minimum absolute atomic E-state index is 0.127. The first-order valence-corrected chi connectivity index (χ1v) is 10.5. The molecule has 0 radical (unpaired) electrons. The molecule has 3 amide bonds. The summed E-state index contributed by atoms with van der Waals surface area (Å²) < 4.78 is 4.61. The Balaban J connectivity index is 1.42. The number of hydrogen-bond donors (Lipinski definition) is 3. The second kappa shape index (κ2) is 9.31. The highest BCUT2D eigenvalue weighted by atomic mass is 16.6. The summed E-state index contributed by atoms with van der Waals surface area (Å²) in [5.41, 5.74) is 0.240. The van der Waals surface area contributed by atoms with E-state index in [1.165, 1.54) is 4.90 Å². The fourth-order valence-electron chi connectivity index (χ4n) is 4.02. The average molecular weight is 440 g/mol. The maximum Gasteiger partial charge on any atom is 0.310 e. The van der Waals surface area contributed by atoms with Gasteiger partial charge >= 0.3 is 5.97 Å². The first kappa shape index (κ1) is 21.7. The molecule has 2 aliphatic rings. The van der Waals surface area contributed by atoms with Gasteiger partial charge in [-0.2, -0.15) is 0 Å². The molecular weight excluding hydrogens is 416 g/mol. The van der Waals surface area contributed by atoms with Crippen LogP contribution in [0.1, 0.15) is 36.2 Å². The average Bonchev–Trinajstić information content (AvgIpc) is 2.99. The van der Waals surface area contributed by atoms with Crippen molar-refractivity contribution in [3.8, 4) is 0 Å². The Morgan fingerprint density at radius 1 is 1.16 bits per heavy atom. The van der Waals surface area contributed by atoms with Gasteiger partial charge in [0.2, 0.25) is 18.1 Å². The summed E-state index contributed by atoms with van der Waals surface area (Å²) in [6.45, 7) is 0.128. The highest BCUT2D eigenvalue weighted by molar-refractivity contribution is 6.06. The molecular formula is C22H24N4O6. The number of carbonyl (C=O) groups is 4. The highest BCUT2D eigenvalue weighted by Gasteiger charge is 2.35. The predicted molar refractivity (Wildman–Crippen MR) is 112 cm³/mol. The van der Waals surface area contributed by atoms with Crippen molar-refractivity contribution in [2.24, 2.45) is 0 Å². The Kier molecular flexibility index (Phi) is 6.31. The standard InChI is InChI=1S/C22H24N4O6/c27-17(24-16-11-18(28)32-22(16)31)12-26-10-4-3-7-15(21(26)30)25-20(29)19-14-6-2-1-5-13(14)8-9-23-19/h1-2,5-6,8-9,15-16,22,31H,3-4,7,10-12H2,(H,24,27)(H,25,29)/t15-,16?,22?/m0/s1. The second-order valence-corrected chi connectivity index (χ2v) is 7.92. The largest absolute Gasteiger partial charge is 0.434 e. The van der Waals surface area contributed by atoms with Crippen molar-refractivity contribution in [2.75, 3.05) is 13.1 Å². The second-order valence-electron chi connectivity index (χ2n) is 7.92. The van der Waals surface area contributed by atoms with Crippen molar-refractivity contribution in [3.05, 3.63) is 42.2 Å². The van der Waals surface area contributed by atoms with Gasteiger partial charge < -0.3 is 25.4 Å². The first-order valence-electron chi connectivity index (χ1n) is 10.5. The van der Waals surface area contributed by atoms with E-state index in [9.17, 15) is 24.3 Å². The fraction of sp³-hybridized carbons (Fsp3) is 0.409. The lowest BCUT2D eigenvalue weighted by molar-refractivity contribution is -0.155. The molecule has 10 nitrogen and oxygen atoms in total. The van der Waals surface area contributed by atoms with Crippen LogP contribution < -0.4 is 10.6 Å². The summed E-state index contributed by atoms with van der Waals surface area (Å²) in [6, 6.07) is 7.56. The minimum Gasteiger partial charge on any atom is -0.434 e. The van der Waals surface area contributed by atoms with Gasteiger partial charge in [-0.1, -0.05) is 24.3 Å². The molecule has 2 unspecified atom stereocenters. The van der Waals surface area contributed by atoms with Crippen molar-refractivity contribution >= 4 is 34.5 Å².